The molecule has 7 heteroatoms. The van der Waals surface area contributed by atoms with Crippen LogP contribution in [0.4, 0.5) is 11.5 Å². The Kier molecular flexibility index (Phi) is 7.65. The number of hydrogen-bond acceptors (Lipinski definition) is 4. The van der Waals surface area contributed by atoms with Crippen molar-refractivity contribution in [1.29, 1.82) is 0 Å². The highest BCUT2D eigenvalue weighted by molar-refractivity contribution is 5.94. The van der Waals surface area contributed by atoms with Crippen LogP contribution in [0, 0.1) is 0 Å². The number of aliphatic imine (C=N–C) groups is 1. The summed E-state index contributed by atoms with van der Waals surface area (Å²) in [5, 5.41) is 3.25. The van der Waals surface area contributed by atoms with Gasteiger partial charge in [-0.05, 0) is 36.1 Å². The molecule has 30 heavy (non-hydrogen) atoms. The van der Waals surface area contributed by atoms with Gasteiger partial charge in [0.05, 0.1) is 6.54 Å². The minimum absolute atomic E-state index is 0.121. The first kappa shape index (κ1) is 21.6. The summed E-state index contributed by atoms with van der Waals surface area (Å²) in [6, 6.07) is 12.2. The number of carbonyl (C=O) groups excluding carboxylic acids is 1. The number of guanidine groups is 1. The smallest absolute Gasteiger partial charge is 0.224 e. The largest absolute Gasteiger partial charge is 0.370 e. The van der Waals surface area contributed by atoms with Crippen LogP contribution in [0.3, 0.4) is 0 Å². The van der Waals surface area contributed by atoms with Crippen molar-refractivity contribution in [3.8, 4) is 0 Å². The van der Waals surface area contributed by atoms with E-state index in [2.05, 4.69) is 52.2 Å². The lowest BCUT2D eigenvalue weighted by atomic mass is 10.0. The molecule has 7 nitrogen and oxygen atoms in total. The second-order valence-electron chi connectivity index (χ2n) is 7.36. The number of nitrogens with two attached hydrogens (primary N) is 1. The Labute approximate surface area is 179 Å². The number of hydrogen-bond donors (Lipinski definition) is 2. The quantitative estimate of drug-likeness (QED) is 0.543. The van der Waals surface area contributed by atoms with E-state index in [4.69, 9.17) is 5.73 Å². The maximum atomic E-state index is 12.5. The summed E-state index contributed by atoms with van der Waals surface area (Å²) in [5.74, 6) is 1.45. The summed E-state index contributed by atoms with van der Waals surface area (Å²) in [4.78, 5) is 25.4. The molecule has 160 valence electrons. The first-order chi connectivity index (χ1) is 14.6. The van der Waals surface area contributed by atoms with E-state index >= 15 is 0 Å². The number of carbonyl (C=O) groups is 1. The number of aromatic nitrogens is 1. The summed E-state index contributed by atoms with van der Waals surface area (Å²) in [6.45, 7) is 7.63. The molecule has 1 aliphatic rings. The lowest BCUT2D eigenvalue weighted by Crippen LogP contribution is -2.49. The molecule has 1 aromatic carbocycles. The zero-order chi connectivity index (χ0) is 21.3. The molecule has 1 amide bonds. The molecule has 0 radical (unpaired) electrons. The van der Waals surface area contributed by atoms with Crippen molar-refractivity contribution < 1.29 is 4.79 Å². The Bertz CT molecular complexity index is 837. The van der Waals surface area contributed by atoms with Gasteiger partial charge in [-0.15, -0.1) is 0 Å². The molecule has 2 aromatic rings. The monoisotopic (exact) mass is 408 g/mol. The molecule has 0 unspecified atom stereocenters. The first-order valence-electron chi connectivity index (χ1n) is 10.7. The second kappa shape index (κ2) is 10.6. The molecule has 1 fully saturated rings. The molecule has 0 saturated carbocycles. The number of pyridine rings is 1. The van der Waals surface area contributed by atoms with Crippen LogP contribution in [0.15, 0.2) is 47.6 Å². The van der Waals surface area contributed by atoms with Crippen molar-refractivity contribution in [2.45, 2.75) is 33.1 Å². The number of nitrogens with zero attached hydrogens (tertiary/aromatic N) is 4. The van der Waals surface area contributed by atoms with Crippen LogP contribution in [-0.2, 0) is 17.6 Å². The molecule has 0 spiro atoms. The van der Waals surface area contributed by atoms with E-state index in [-0.39, 0.29) is 5.91 Å². The normalized spacial score (nSPS) is 14.7. The van der Waals surface area contributed by atoms with Crippen LogP contribution in [0.1, 0.15) is 31.4 Å². The van der Waals surface area contributed by atoms with E-state index in [9.17, 15) is 4.79 Å². The summed E-state index contributed by atoms with van der Waals surface area (Å²) >= 11 is 0. The molecule has 3 rings (SSSR count). The Morgan fingerprint density at radius 1 is 1.07 bits per heavy atom. The highest BCUT2D eigenvalue weighted by atomic mass is 16.2. The van der Waals surface area contributed by atoms with Crippen LogP contribution < -0.4 is 16.0 Å². The first-order valence-corrected chi connectivity index (χ1v) is 10.7. The van der Waals surface area contributed by atoms with Crippen molar-refractivity contribution in [3.63, 3.8) is 0 Å². The minimum atomic E-state index is 0.121. The number of amides is 1. The van der Waals surface area contributed by atoms with E-state index in [0.717, 1.165) is 37.4 Å². The van der Waals surface area contributed by atoms with Gasteiger partial charge in [-0.1, -0.05) is 38.1 Å². The van der Waals surface area contributed by atoms with Gasteiger partial charge in [0.1, 0.15) is 5.82 Å². The number of nitrogens with one attached hydrogen (secondary N) is 1. The van der Waals surface area contributed by atoms with Crippen molar-refractivity contribution >= 4 is 23.4 Å². The summed E-state index contributed by atoms with van der Waals surface area (Å²) in [6.07, 6.45) is 4.01. The maximum Gasteiger partial charge on any atom is 0.224 e. The third-order valence-electron chi connectivity index (χ3n) is 5.47. The number of aryl methyl sites for hydroxylation is 2. The molecule has 1 aromatic heterocycles. The molecule has 0 bridgehead atoms. The van der Waals surface area contributed by atoms with Gasteiger partial charge in [-0.3, -0.25) is 9.79 Å². The number of anilines is 2. The third-order valence-corrected chi connectivity index (χ3v) is 5.47. The van der Waals surface area contributed by atoms with Crippen molar-refractivity contribution in [2.75, 3.05) is 42.9 Å². The fourth-order valence-corrected chi connectivity index (χ4v) is 3.73. The molecular formula is C23H32N6O. The Hall–Kier alpha value is -3.09. The molecular weight excluding hydrogens is 376 g/mol. The number of benzene rings is 1. The van der Waals surface area contributed by atoms with E-state index in [1.807, 2.05) is 23.1 Å². The van der Waals surface area contributed by atoms with Gasteiger partial charge in [0.15, 0.2) is 5.96 Å². The van der Waals surface area contributed by atoms with Crippen LogP contribution in [0.25, 0.3) is 0 Å². The molecule has 1 saturated heterocycles. The molecule has 2 heterocycles. The fraction of sp³-hybridized carbons (Fsp3) is 0.435. The minimum Gasteiger partial charge on any atom is -0.370 e. The van der Waals surface area contributed by atoms with E-state index in [1.54, 1.807) is 6.20 Å². The van der Waals surface area contributed by atoms with E-state index in [0.29, 0.717) is 32.0 Å². The molecule has 1 aliphatic heterocycles. The van der Waals surface area contributed by atoms with Crippen molar-refractivity contribution in [2.24, 2.45) is 10.7 Å². The predicted octanol–water partition coefficient (Wildman–Crippen LogP) is 2.67. The van der Waals surface area contributed by atoms with E-state index in [1.165, 1.54) is 11.1 Å². The molecule has 3 N–H and O–H groups in total. The zero-order valence-electron chi connectivity index (χ0n) is 18.0. The summed E-state index contributed by atoms with van der Waals surface area (Å²) < 4.78 is 0. The lowest BCUT2D eigenvalue weighted by molar-refractivity contribution is -0.131. The van der Waals surface area contributed by atoms with Gasteiger partial charge in [0, 0.05) is 44.5 Å². The van der Waals surface area contributed by atoms with Crippen LogP contribution in [0.5, 0.6) is 0 Å². The van der Waals surface area contributed by atoms with Crippen LogP contribution in [0.2, 0.25) is 0 Å². The highest BCUT2D eigenvalue weighted by Gasteiger charge is 2.21. The maximum absolute atomic E-state index is 12.5. The number of piperazine rings is 1. The van der Waals surface area contributed by atoms with Crippen LogP contribution in [-0.4, -0.2) is 54.5 Å². The second-order valence-corrected chi connectivity index (χ2v) is 7.36. The van der Waals surface area contributed by atoms with Crippen molar-refractivity contribution in [3.05, 3.63) is 53.7 Å². The average Bonchev–Trinajstić information content (AvgIpc) is 2.79. The lowest BCUT2D eigenvalue weighted by Gasteiger charge is -2.35. The molecule has 0 atom stereocenters. The fourth-order valence-electron chi connectivity index (χ4n) is 3.73. The molecule has 0 aliphatic carbocycles. The van der Waals surface area contributed by atoms with Gasteiger partial charge in [0.2, 0.25) is 5.91 Å². The topological polar surface area (TPSA) is 86.8 Å². The van der Waals surface area contributed by atoms with Gasteiger partial charge >= 0.3 is 0 Å². The third kappa shape index (κ3) is 5.49. The van der Waals surface area contributed by atoms with Gasteiger partial charge in [0.25, 0.3) is 0 Å². The van der Waals surface area contributed by atoms with Crippen LogP contribution >= 0.6 is 0 Å². The summed E-state index contributed by atoms with van der Waals surface area (Å²) in [7, 11) is 0. The van der Waals surface area contributed by atoms with Gasteiger partial charge < -0.3 is 20.9 Å². The summed E-state index contributed by atoms with van der Waals surface area (Å²) in [5.41, 5.74) is 9.58. The van der Waals surface area contributed by atoms with Gasteiger partial charge in [-0.25, -0.2) is 4.98 Å². The standard InChI is InChI=1S/C23H32N6O/c1-3-18-8-7-9-19(4-2)22(18)27-23(24)26-13-11-21(30)29-16-14-28(15-17-29)20-10-5-6-12-25-20/h5-10,12H,3-4,11,13-17H2,1-2H3,(H3,24,26,27). The SMILES string of the molecule is CCc1cccc(CC)c1NC(N)=NCCC(=O)N1CCN(c2ccccn2)CC1. The number of rotatable bonds is 7. The Morgan fingerprint density at radius 2 is 1.77 bits per heavy atom. The predicted molar refractivity (Wildman–Crippen MR) is 123 cm³/mol. The Morgan fingerprint density at radius 3 is 2.37 bits per heavy atom. The average molecular weight is 409 g/mol. The van der Waals surface area contributed by atoms with Gasteiger partial charge in [-0.2, -0.15) is 0 Å². The highest BCUT2D eigenvalue weighted by Crippen LogP contribution is 2.22. The Balaban J connectivity index is 1.48. The van der Waals surface area contributed by atoms with E-state index < -0.39 is 0 Å². The zero-order valence-corrected chi connectivity index (χ0v) is 18.0. The number of para-hydroxylation sites is 1. The van der Waals surface area contributed by atoms with Crippen molar-refractivity contribution in [1.82, 2.24) is 9.88 Å².